The number of rotatable bonds is 14. The molecule has 0 radical (unpaired) electrons. The van der Waals surface area contributed by atoms with Crippen molar-refractivity contribution in [3.05, 3.63) is 123 Å². The average Bonchev–Trinajstić information content (AvgIpc) is 3.14. The minimum absolute atomic E-state index is 0.00544. The molecule has 2 aliphatic heterocycles. The van der Waals surface area contributed by atoms with Crippen LogP contribution in [0.1, 0.15) is 62.1 Å². The second-order valence-corrected chi connectivity index (χ2v) is 12.6. The van der Waals surface area contributed by atoms with Gasteiger partial charge in [-0.25, -0.2) is 4.79 Å². The number of piperidine rings is 1. The molecule has 0 bridgehead atoms. The van der Waals surface area contributed by atoms with Crippen molar-refractivity contribution in [2.45, 2.75) is 50.9 Å². The van der Waals surface area contributed by atoms with Crippen LogP contribution in [0.15, 0.2) is 101 Å². The summed E-state index contributed by atoms with van der Waals surface area (Å²) in [6.07, 6.45) is 3.46. The minimum atomic E-state index is -0.863. The van der Waals surface area contributed by atoms with Crippen molar-refractivity contribution in [3.63, 3.8) is 0 Å². The molecule has 3 aromatic rings. The SMILES string of the molecule is CCOC(=O)C1=C(CNCCCN2CCC(c3ccccc3)(c3ccccc3)CC2)N=C(CC)C(C(=O)OC)C1c1ccc([N+](=O)[O-])cc1. The third-order valence-corrected chi connectivity index (χ3v) is 9.85. The van der Waals surface area contributed by atoms with E-state index in [1.165, 1.54) is 30.4 Å². The number of hydrogen-bond donors (Lipinski definition) is 1. The zero-order chi connectivity index (χ0) is 34.8. The first kappa shape index (κ1) is 35.6. The van der Waals surface area contributed by atoms with Crippen molar-refractivity contribution < 1.29 is 24.0 Å². The van der Waals surface area contributed by atoms with Gasteiger partial charge in [0.1, 0.15) is 5.92 Å². The fourth-order valence-corrected chi connectivity index (χ4v) is 7.34. The smallest absolute Gasteiger partial charge is 0.336 e. The molecule has 5 rings (SSSR count). The fourth-order valence-electron chi connectivity index (χ4n) is 7.34. The number of carbonyl (C=O) groups excluding carboxylic acids is 2. The van der Waals surface area contributed by atoms with Gasteiger partial charge in [0.05, 0.1) is 29.9 Å². The standard InChI is InChI=1S/C39H46N4O6/c1-4-32-35(37(44)48-3)34(28-17-19-31(20-18-28)43(46)47)36(38(45)49-5-2)33(41-32)27-40-23-12-24-42-25-21-39(22-26-42,29-13-8-6-9-14-29)30-15-10-7-11-16-30/h6-11,13-20,34-35,40H,4-5,12,21-27H2,1-3H3. The summed E-state index contributed by atoms with van der Waals surface area (Å²) >= 11 is 0. The lowest BCUT2D eigenvalue weighted by atomic mass is 9.68. The highest BCUT2D eigenvalue weighted by molar-refractivity contribution is 6.08. The van der Waals surface area contributed by atoms with Gasteiger partial charge >= 0.3 is 11.9 Å². The van der Waals surface area contributed by atoms with Crippen LogP contribution in [-0.4, -0.2) is 73.9 Å². The first-order valence-electron chi connectivity index (χ1n) is 17.2. The maximum atomic E-state index is 13.5. The first-order valence-corrected chi connectivity index (χ1v) is 17.2. The van der Waals surface area contributed by atoms with E-state index >= 15 is 0 Å². The third-order valence-electron chi connectivity index (χ3n) is 9.85. The van der Waals surface area contributed by atoms with Gasteiger partial charge in [0, 0.05) is 35.7 Å². The van der Waals surface area contributed by atoms with E-state index in [0.717, 1.165) is 38.9 Å². The van der Waals surface area contributed by atoms with E-state index in [0.29, 0.717) is 36.5 Å². The summed E-state index contributed by atoms with van der Waals surface area (Å²) in [6.45, 7) is 7.73. The quantitative estimate of drug-likeness (QED) is 0.0933. The Bertz CT molecular complexity index is 1610. The Morgan fingerprint density at radius 2 is 1.57 bits per heavy atom. The monoisotopic (exact) mass is 666 g/mol. The predicted molar refractivity (Wildman–Crippen MR) is 190 cm³/mol. The Morgan fingerprint density at radius 1 is 0.959 bits per heavy atom. The van der Waals surface area contributed by atoms with Crippen LogP contribution in [0.25, 0.3) is 0 Å². The molecule has 0 spiro atoms. The Morgan fingerprint density at radius 3 is 2.10 bits per heavy atom. The van der Waals surface area contributed by atoms with E-state index < -0.39 is 28.7 Å². The average molecular weight is 667 g/mol. The van der Waals surface area contributed by atoms with Crippen molar-refractivity contribution in [2.75, 3.05) is 46.4 Å². The van der Waals surface area contributed by atoms with E-state index in [2.05, 4.69) is 70.9 Å². The van der Waals surface area contributed by atoms with Gasteiger partial charge < -0.3 is 19.7 Å². The van der Waals surface area contributed by atoms with Crippen LogP contribution in [0.2, 0.25) is 0 Å². The molecule has 0 aliphatic carbocycles. The summed E-state index contributed by atoms with van der Waals surface area (Å²) in [5.74, 6) is -2.72. The number of methoxy groups -OCH3 is 1. The number of ether oxygens (including phenoxy) is 2. The van der Waals surface area contributed by atoms with Crippen molar-refractivity contribution >= 4 is 23.3 Å². The molecule has 0 amide bonds. The summed E-state index contributed by atoms with van der Waals surface area (Å²) in [5.41, 5.74) is 4.61. The molecule has 0 aromatic heterocycles. The van der Waals surface area contributed by atoms with Crippen LogP contribution in [0.4, 0.5) is 5.69 Å². The maximum Gasteiger partial charge on any atom is 0.336 e. The van der Waals surface area contributed by atoms with Crippen LogP contribution >= 0.6 is 0 Å². The zero-order valence-corrected chi connectivity index (χ0v) is 28.6. The predicted octanol–water partition coefficient (Wildman–Crippen LogP) is 6.21. The second kappa shape index (κ2) is 16.6. The number of nitrogens with zero attached hydrogens (tertiary/aromatic N) is 3. The van der Waals surface area contributed by atoms with Crippen LogP contribution in [0.3, 0.4) is 0 Å². The van der Waals surface area contributed by atoms with Crippen molar-refractivity contribution in [3.8, 4) is 0 Å². The van der Waals surface area contributed by atoms with Gasteiger partial charge in [0.15, 0.2) is 0 Å². The molecule has 2 aliphatic rings. The lowest BCUT2D eigenvalue weighted by Gasteiger charge is -2.43. The van der Waals surface area contributed by atoms with Crippen LogP contribution in [-0.2, 0) is 24.5 Å². The topological polar surface area (TPSA) is 123 Å². The van der Waals surface area contributed by atoms with E-state index in [9.17, 15) is 19.7 Å². The van der Waals surface area contributed by atoms with Gasteiger partial charge in [-0.2, -0.15) is 0 Å². The Balaban J connectivity index is 1.29. The molecule has 0 saturated carbocycles. The Kier molecular flexibility index (Phi) is 12.1. The second-order valence-electron chi connectivity index (χ2n) is 12.6. The van der Waals surface area contributed by atoms with Crippen molar-refractivity contribution in [1.82, 2.24) is 10.2 Å². The van der Waals surface area contributed by atoms with Gasteiger partial charge in [0.2, 0.25) is 0 Å². The maximum absolute atomic E-state index is 13.5. The number of nitro groups is 1. The van der Waals surface area contributed by atoms with Gasteiger partial charge in [0.25, 0.3) is 5.69 Å². The molecule has 49 heavy (non-hydrogen) atoms. The first-order chi connectivity index (χ1) is 23.8. The molecular weight excluding hydrogens is 620 g/mol. The van der Waals surface area contributed by atoms with Crippen molar-refractivity contribution in [2.24, 2.45) is 10.9 Å². The summed E-state index contributed by atoms with van der Waals surface area (Å²) in [7, 11) is 1.30. The number of benzene rings is 3. The normalized spacial score (nSPS) is 19.2. The molecule has 258 valence electrons. The summed E-state index contributed by atoms with van der Waals surface area (Å²) in [5, 5.41) is 14.8. The fraction of sp³-hybridized carbons (Fsp3) is 0.410. The Hall–Kier alpha value is -4.67. The number of likely N-dealkylation sites (tertiary alicyclic amines) is 1. The third kappa shape index (κ3) is 7.98. The molecule has 2 heterocycles. The van der Waals surface area contributed by atoms with Crippen LogP contribution in [0, 0.1) is 16.0 Å². The molecule has 2 unspecified atom stereocenters. The number of esters is 2. The molecule has 1 N–H and O–H groups in total. The highest BCUT2D eigenvalue weighted by atomic mass is 16.6. The number of nitro benzene ring substituents is 1. The van der Waals surface area contributed by atoms with Gasteiger partial charge in [-0.1, -0.05) is 79.7 Å². The largest absolute Gasteiger partial charge is 0.468 e. The van der Waals surface area contributed by atoms with Gasteiger partial charge in [-0.3, -0.25) is 19.9 Å². The summed E-state index contributed by atoms with van der Waals surface area (Å²) in [4.78, 5) is 44.9. The molecule has 1 fully saturated rings. The molecule has 2 atom stereocenters. The minimum Gasteiger partial charge on any atom is -0.468 e. The zero-order valence-electron chi connectivity index (χ0n) is 28.6. The van der Waals surface area contributed by atoms with Gasteiger partial charge in [-0.05, 0) is 75.5 Å². The number of carbonyl (C=O) groups is 2. The number of hydrogen-bond acceptors (Lipinski definition) is 9. The lowest BCUT2D eigenvalue weighted by Crippen LogP contribution is -2.44. The molecular formula is C39H46N4O6. The molecule has 10 heteroatoms. The highest BCUT2D eigenvalue weighted by Gasteiger charge is 2.44. The van der Waals surface area contributed by atoms with E-state index in [1.807, 2.05) is 6.92 Å². The van der Waals surface area contributed by atoms with Crippen molar-refractivity contribution in [1.29, 1.82) is 0 Å². The number of non-ortho nitro benzene ring substituents is 1. The Labute approximate surface area is 288 Å². The van der Waals surface area contributed by atoms with E-state index in [-0.39, 0.29) is 23.3 Å². The van der Waals surface area contributed by atoms with E-state index in [4.69, 9.17) is 14.5 Å². The van der Waals surface area contributed by atoms with E-state index in [1.54, 1.807) is 19.1 Å². The van der Waals surface area contributed by atoms with Gasteiger partial charge in [-0.15, -0.1) is 0 Å². The van der Waals surface area contributed by atoms with Crippen LogP contribution < -0.4 is 5.32 Å². The van der Waals surface area contributed by atoms with Crippen LogP contribution in [0.5, 0.6) is 0 Å². The summed E-state index contributed by atoms with van der Waals surface area (Å²) < 4.78 is 10.7. The molecule has 3 aromatic carbocycles. The molecule has 10 nitrogen and oxygen atoms in total. The molecule has 1 saturated heterocycles. The highest BCUT2D eigenvalue weighted by Crippen LogP contribution is 2.43. The number of nitrogens with one attached hydrogen (secondary N) is 1. The number of aliphatic imine (C=N–C) groups is 1. The summed E-state index contributed by atoms with van der Waals surface area (Å²) in [6, 6.07) is 27.6. The lowest BCUT2D eigenvalue weighted by molar-refractivity contribution is -0.384.